The van der Waals surface area contributed by atoms with E-state index in [1.165, 1.54) is 16.2 Å². The fraction of sp³-hybridized carbons (Fsp3) is 0.308. The summed E-state index contributed by atoms with van der Waals surface area (Å²) in [4.78, 5) is 14.3. The van der Waals surface area contributed by atoms with Crippen LogP contribution < -0.4 is 5.73 Å². The quantitative estimate of drug-likeness (QED) is 0.721. The number of thiophene rings is 1. The highest BCUT2D eigenvalue weighted by Crippen LogP contribution is 2.36. The maximum Gasteiger partial charge on any atom is 0.266 e. The van der Waals surface area contributed by atoms with E-state index >= 15 is 0 Å². The summed E-state index contributed by atoms with van der Waals surface area (Å²) in [6, 6.07) is 5.69. The summed E-state index contributed by atoms with van der Waals surface area (Å²) in [6.07, 6.45) is -1.77. The van der Waals surface area contributed by atoms with Crippen LogP contribution in [0.2, 0.25) is 0 Å². The number of anilines is 1. The molecule has 106 valence electrons. The normalized spacial score (nSPS) is 22.6. The molecular formula is C13H13BrN2O3S. The minimum atomic E-state index is -0.885. The average Bonchev–Trinajstić information content (AvgIpc) is 2.91. The van der Waals surface area contributed by atoms with Crippen LogP contribution in [0.4, 0.5) is 5.69 Å². The molecule has 0 bridgehead atoms. The predicted octanol–water partition coefficient (Wildman–Crippen LogP) is 1.42. The number of hydrogen-bond donors (Lipinski definition) is 3. The molecule has 0 saturated carbocycles. The second-order valence-electron chi connectivity index (χ2n) is 4.83. The summed E-state index contributed by atoms with van der Waals surface area (Å²) in [5.41, 5.74) is 6.51. The number of hydrogen-bond acceptors (Lipinski definition) is 5. The van der Waals surface area contributed by atoms with Crippen molar-refractivity contribution in [1.82, 2.24) is 4.90 Å². The number of likely N-dealkylation sites (tertiary alicyclic amines) is 1. The number of nitrogens with two attached hydrogens (primary N) is 1. The molecule has 1 aromatic carbocycles. The number of carbonyl (C=O) groups excluding carboxylic acids is 1. The molecule has 2 aromatic rings. The molecule has 1 aromatic heterocycles. The molecule has 1 aliphatic heterocycles. The Kier molecular flexibility index (Phi) is 3.45. The number of β-amino-alcohol motifs (C(OH)–C–C–N with tert-alkyl or cyclic N) is 2. The maximum absolute atomic E-state index is 12.4. The van der Waals surface area contributed by atoms with Gasteiger partial charge in [0.05, 0.1) is 17.9 Å². The third-order valence-electron chi connectivity index (χ3n) is 3.43. The van der Waals surface area contributed by atoms with Crippen molar-refractivity contribution >= 4 is 48.9 Å². The van der Waals surface area contributed by atoms with Gasteiger partial charge in [-0.25, -0.2) is 0 Å². The average molecular weight is 357 g/mol. The topological polar surface area (TPSA) is 86.8 Å². The van der Waals surface area contributed by atoms with E-state index in [2.05, 4.69) is 15.9 Å². The molecule has 2 heterocycles. The molecule has 3 rings (SSSR count). The van der Waals surface area contributed by atoms with Crippen molar-refractivity contribution in [2.75, 3.05) is 18.8 Å². The van der Waals surface area contributed by atoms with Gasteiger partial charge < -0.3 is 20.8 Å². The van der Waals surface area contributed by atoms with Crippen molar-refractivity contribution in [2.24, 2.45) is 0 Å². The molecular weight excluding hydrogens is 344 g/mol. The maximum atomic E-state index is 12.4. The van der Waals surface area contributed by atoms with Crippen LogP contribution in [0, 0.1) is 0 Å². The molecule has 4 N–H and O–H groups in total. The number of nitrogens with zero attached hydrogens (tertiary/aromatic N) is 1. The number of halogens is 1. The van der Waals surface area contributed by atoms with Gasteiger partial charge in [0.15, 0.2) is 0 Å². The van der Waals surface area contributed by atoms with E-state index in [0.29, 0.717) is 10.6 Å². The largest absolute Gasteiger partial charge is 0.397 e. The predicted molar refractivity (Wildman–Crippen MR) is 81.9 cm³/mol. The number of aliphatic hydroxyl groups excluding tert-OH is 2. The van der Waals surface area contributed by atoms with Crippen LogP contribution in [0.1, 0.15) is 9.67 Å². The van der Waals surface area contributed by atoms with Gasteiger partial charge in [0.25, 0.3) is 5.91 Å². The van der Waals surface area contributed by atoms with Gasteiger partial charge in [0, 0.05) is 27.6 Å². The summed E-state index contributed by atoms with van der Waals surface area (Å²) < 4.78 is 1.84. The Morgan fingerprint density at radius 2 is 2.00 bits per heavy atom. The van der Waals surface area contributed by atoms with E-state index < -0.39 is 12.2 Å². The number of benzene rings is 1. The second kappa shape index (κ2) is 5.00. The Hall–Kier alpha value is -1.15. The molecule has 1 aliphatic rings. The van der Waals surface area contributed by atoms with Gasteiger partial charge in [0.2, 0.25) is 0 Å². The van der Waals surface area contributed by atoms with E-state index in [1.54, 1.807) is 0 Å². The van der Waals surface area contributed by atoms with Gasteiger partial charge >= 0.3 is 0 Å². The van der Waals surface area contributed by atoms with Gasteiger partial charge in [-0.05, 0) is 18.2 Å². The first kappa shape index (κ1) is 13.8. The van der Waals surface area contributed by atoms with Crippen molar-refractivity contribution in [2.45, 2.75) is 12.2 Å². The molecule has 2 unspecified atom stereocenters. The van der Waals surface area contributed by atoms with Crippen LogP contribution in [0.25, 0.3) is 10.1 Å². The summed E-state index contributed by atoms with van der Waals surface area (Å²) in [7, 11) is 0. The van der Waals surface area contributed by atoms with E-state index in [0.717, 1.165) is 14.6 Å². The molecule has 20 heavy (non-hydrogen) atoms. The van der Waals surface area contributed by atoms with Crippen LogP contribution in [0.15, 0.2) is 22.7 Å². The molecule has 7 heteroatoms. The number of carbonyl (C=O) groups is 1. The van der Waals surface area contributed by atoms with E-state index in [4.69, 9.17) is 5.73 Å². The van der Waals surface area contributed by atoms with Crippen LogP contribution in [-0.2, 0) is 0 Å². The molecule has 0 radical (unpaired) electrons. The second-order valence-corrected chi connectivity index (χ2v) is 6.80. The zero-order valence-electron chi connectivity index (χ0n) is 10.4. The number of fused-ring (bicyclic) bond motifs is 1. The Balaban J connectivity index is 1.98. The molecule has 5 nitrogen and oxygen atoms in total. The highest BCUT2D eigenvalue weighted by Gasteiger charge is 2.34. The summed E-state index contributed by atoms with van der Waals surface area (Å²) in [5, 5.41) is 19.9. The number of nitrogen functional groups attached to an aromatic ring is 1. The minimum Gasteiger partial charge on any atom is -0.397 e. The van der Waals surface area contributed by atoms with E-state index in [9.17, 15) is 15.0 Å². The van der Waals surface area contributed by atoms with Crippen LogP contribution in [0.5, 0.6) is 0 Å². The lowest BCUT2D eigenvalue weighted by molar-refractivity contribution is 0.0572. The third kappa shape index (κ3) is 2.20. The SMILES string of the molecule is Nc1c(C(=O)N2CC(O)C(O)C2)sc2ccc(Br)cc12. The van der Waals surface area contributed by atoms with E-state index in [1.807, 2.05) is 18.2 Å². The van der Waals surface area contributed by atoms with Crippen molar-refractivity contribution in [3.8, 4) is 0 Å². The molecule has 1 amide bonds. The van der Waals surface area contributed by atoms with Crippen LogP contribution in [-0.4, -0.2) is 46.3 Å². The fourth-order valence-electron chi connectivity index (χ4n) is 2.33. The van der Waals surface area contributed by atoms with Crippen molar-refractivity contribution in [3.05, 3.63) is 27.5 Å². The Labute approximate surface area is 127 Å². The van der Waals surface area contributed by atoms with Gasteiger partial charge in [-0.15, -0.1) is 11.3 Å². The van der Waals surface area contributed by atoms with Crippen molar-refractivity contribution in [1.29, 1.82) is 0 Å². The molecule has 2 atom stereocenters. The minimum absolute atomic E-state index is 0.136. The van der Waals surface area contributed by atoms with Crippen LogP contribution in [0.3, 0.4) is 0 Å². The number of amides is 1. The molecule has 1 saturated heterocycles. The first-order valence-corrected chi connectivity index (χ1v) is 7.71. The summed E-state index contributed by atoms with van der Waals surface area (Å²) in [5.74, 6) is -0.240. The third-order valence-corrected chi connectivity index (χ3v) is 5.10. The summed E-state index contributed by atoms with van der Waals surface area (Å²) >= 11 is 4.71. The highest BCUT2D eigenvalue weighted by molar-refractivity contribution is 9.10. The van der Waals surface area contributed by atoms with Crippen molar-refractivity contribution < 1.29 is 15.0 Å². The molecule has 1 fully saturated rings. The monoisotopic (exact) mass is 356 g/mol. The van der Waals surface area contributed by atoms with Gasteiger partial charge in [-0.1, -0.05) is 15.9 Å². The Morgan fingerprint density at radius 3 is 2.65 bits per heavy atom. The Bertz CT molecular complexity index is 678. The zero-order valence-corrected chi connectivity index (χ0v) is 12.8. The molecule has 0 aliphatic carbocycles. The lowest BCUT2D eigenvalue weighted by atomic mass is 10.2. The van der Waals surface area contributed by atoms with Crippen molar-refractivity contribution in [3.63, 3.8) is 0 Å². The lowest BCUT2D eigenvalue weighted by Crippen LogP contribution is -2.29. The summed E-state index contributed by atoms with van der Waals surface area (Å²) in [6.45, 7) is 0.273. The highest BCUT2D eigenvalue weighted by atomic mass is 79.9. The number of aliphatic hydroxyl groups is 2. The fourth-order valence-corrected chi connectivity index (χ4v) is 3.76. The first-order valence-electron chi connectivity index (χ1n) is 6.10. The smallest absolute Gasteiger partial charge is 0.266 e. The Morgan fingerprint density at radius 1 is 1.35 bits per heavy atom. The van der Waals surface area contributed by atoms with Gasteiger partial charge in [0.1, 0.15) is 4.88 Å². The van der Waals surface area contributed by atoms with Crippen LogP contribution >= 0.6 is 27.3 Å². The molecule has 0 spiro atoms. The van der Waals surface area contributed by atoms with E-state index in [-0.39, 0.29) is 19.0 Å². The number of rotatable bonds is 1. The first-order chi connectivity index (χ1) is 9.47. The standard InChI is InChI=1S/C13H13BrN2O3S/c14-6-1-2-10-7(3-6)11(15)12(20-10)13(19)16-4-8(17)9(18)5-16/h1-3,8-9,17-18H,4-5,15H2. The van der Waals surface area contributed by atoms with Gasteiger partial charge in [-0.3, -0.25) is 4.79 Å². The van der Waals surface area contributed by atoms with Gasteiger partial charge in [-0.2, -0.15) is 0 Å². The zero-order chi connectivity index (χ0) is 14.4. The lowest BCUT2D eigenvalue weighted by Gasteiger charge is -2.14.